The maximum atomic E-state index is 12.3. The average Bonchev–Trinajstić information content (AvgIpc) is 3.07. The van der Waals surface area contributed by atoms with Gasteiger partial charge < -0.3 is 4.74 Å². The lowest BCUT2D eigenvalue weighted by atomic mass is 10.2. The number of ether oxygens (including phenoxy) is 1. The van der Waals surface area contributed by atoms with Crippen LogP contribution in [0.1, 0.15) is 11.3 Å². The zero-order valence-corrected chi connectivity index (χ0v) is 16.1. The second-order valence-corrected chi connectivity index (χ2v) is 8.04. The molecule has 0 aliphatic heterocycles. The lowest BCUT2D eigenvalue weighted by molar-refractivity contribution is 0.414. The molecule has 3 rings (SSSR count). The van der Waals surface area contributed by atoms with E-state index in [4.69, 9.17) is 4.74 Å². The molecular weight excluding hydrogens is 364 g/mol. The Balaban J connectivity index is 1.58. The first-order chi connectivity index (χ1) is 13.0. The van der Waals surface area contributed by atoms with E-state index in [0.717, 1.165) is 22.6 Å². The minimum atomic E-state index is -3.40. The number of nitrogens with zero attached hydrogens (tertiary/aromatic N) is 3. The number of methoxy groups -OCH3 is 1. The van der Waals surface area contributed by atoms with E-state index < -0.39 is 10.0 Å². The van der Waals surface area contributed by atoms with Crippen molar-refractivity contribution in [1.82, 2.24) is 19.5 Å². The van der Waals surface area contributed by atoms with Gasteiger partial charge in [-0.2, -0.15) is 5.10 Å². The van der Waals surface area contributed by atoms with Gasteiger partial charge in [0.1, 0.15) is 5.75 Å². The molecule has 27 heavy (non-hydrogen) atoms. The van der Waals surface area contributed by atoms with Crippen LogP contribution >= 0.6 is 0 Å². The molecule has 8 heteroatoms. The highest BCUT2D eigenvalue weighted by Crippen LogP contribution is 2.19. The number of hydrogen-bond acceptors (Lipinski definition) is 5. The van der Waals surface area contributed by atoms with Crippen molar-refractivity contribution in [2.45, 2.75) is 13.0 Å². The Hall–Kier alpha value is -2.71. The molecule has 1 N–H and O–H groups in total. The van der Waals surface area contributed by atoms with Gasteiger partial charge in [0.25, 0.3) is 0 Å². The van der Waals surface area contributed by atoms with E-state index >= 15 is 0 Å². The highest BCUT2D eigenvalue weighted by Gasteiger charge is 2.13. The molecule has 2 heterocycles. The molecule has 7 nitrogen and oxygen atoms in total. The van der Waals surface area contributed by atoms with E-state index in [1.54, 1.807) is 24.2 Å². The molecular formula is C19H22N4O3S. The largest absolute Gasteiger partial charge is 0.497 e. The third-order valence-electron chi connectivity index (χ3n) is 4.20. The van der Waals surface area contributed by atoms with Crippen LogP contribution in [0.15, 0.2) is 54.9 Å². The van der Waals surface area contributed by atoms with Gasteiger partial charge in [-0.05, 0) is 42.3 Å². The fraction of sp³-hybridized carbons (Fsp3) is 0.263. The van der Waals surface area contributed by atoms with Crippen molar-refractivity contribution in [3.05, 3.63) is 66.1 Å². The summed E-state index contributed by atoms with van der Waals surface area (Å²) in [5.74, 6) is 0.767. The molecule has 0 saturated carbocycles. The lowest BCUT2D eigenvalue weighted by Gasteiger charge is -2.06. The van der Waals surface area contributed by atoms with Crippen LogP contribution in [0.2, 0.25) is 0 Å². The Kier molecular flexibility index (Phi) is 5.88. The monoisotopic (exact) mass is 386 g/mol. The Morgan fingerprint density at radius 2 is 1.81 bits per heavy atom. The van der Waals surface area contributed by atoms with Gasteiger partial charge in [-0.25, -0.2) is 13.1 Å². The predicted molar refractivity (Wildman–Crippen MR) is 104 cm³/mol. The first kappa shape index (κ1) is 19.1. The second-order valence-electron chi connectivity index (χ2n) is 6.12. The van der Waals surface area contributed by atoms with Crippen molar-refractivity contribution in [3.8, 4) is 17.0 Å². The molecule has 142 valence electrons. The van der Waals surface area contributed by atoms with Crippen molar-refractivity contribution in [2.75, 3.05) is 12.9 Å². The zero-order valence-electron chi connectivity index (χ0n) is 15.3. The average molecular weight is 386 g/mol. The Morgan fingerprint density at radius 1 is 1.11 bits per heavy atom. The Morgan fingerprint density at radius 3 is 2.48 bits per heavy atom. The number of benzene rings is 1. The molecule has 0 radical (unpaired) electrons. The molecule has 3 aromatic rings. The first-order valence-electron chi connectivity index (χ1n) is 8.50. The van der Waals surface area contributed by atoms with Gasteiger partial charge >= 0.3 is 0 Å². The molecule has 0 unspecified atom stereocenters. The molecule has 0 bridgehead atoms. The minimum absolute atomic E-state index is 0.0172. The van der Waals surface area contributed by atoms with Crippen LogP contribution in [0, 0.1) is 0 Å². The van der Waals surface area contributed by atoms with Crippen molar-refractivity contribution in [3.63, 3.8) is 0 Å². The van der Waals surface area contributed by atoms with Crippen LogP contribution in [-0.4, -0.2) is 36.0 Å². The van der Waals surface area contributed by atoms with Crippen molar-refractivity contribution in [1.29, 1.82) is 0 Å². The fourth-order valence-electron chi connectivity index (χ4n) is 2.71. The smallest absolute Gasteiger partial charge is 0.212 e. The Bertz CT molecular complexity index is 984. The number of aromatic nitrogens is 3. The topological polar surface area (TPSA) is 86.1 Å². The Labute approximate surface area is 159 Å². The quantitative estimate of drug-likeness (QED) is 0.641. The highest BCUT2D eigenvalue weighted by atomic mass is 32.2. The molecule has 0 spiro atoms. The van der Waals surface area contributed by atoms with Crippen LogP contribution in [0.3, 0.4) is 0 Å². The minimum Gasteiger partial charge on any atom is -0.497 e. The summed E-state index contributed by atoms with van der Waals surface area (Å²) >= 11 is 0. The first-order valence-corrected chi connectivity index (χ1v) is 10.2. The van der Waals surface area contributed by atoms with E-state index in [9.17, 15) is 8.42 Å². The van der Waals surface area contributed by atoms with Gasteiger partial charge in [-0.1, -0.05) is 12.1 Å². The summed E-state index contributed by atoms with van der Waals surface area (Å²) in [6.45, 7) is 0.157. The van der Waals surface area contributed by atoms with Crippen LogP contribution in [0.5, 0.6) is 5.75 Å². The summed E-state index contributed by atoms with van der Waals surface area (Å²) in [5, 5.41) is 4.38. The van der Waals surface area contributed by atoms with Crippen molar-refractivity contribution in [2.24, 2.45) is 7.05 Å². The van der Waals surface area contributed by atoms with Crippen LogP contribution in [-0.2, 0) is 30.0 Å². The summed E-state index contributed by atoms with van der Waals surface area (Å²) in [7, 11) is 0.0267. The number of hydrogen-bond donors (Lipinski definition) is 1. The summed E-state index contributed by atoms with van der Waals surface area (Å²) < 4.78 is 34.0. The summed E-state index contributed by atoms with van der Waals surface area (Å²) in [5.41, 5.74) is 3.50. The van der Waals surface area contributed by atoms with Crippen LogP contribution in [0.25, 0.3) is 11.3 Å². The van der Waals surface area contributed by atoms with Gasteiger partial charge in [-0.15, -0.1) is 0 Å². The zero-order chi connectivity index (χ0) is 19.3. The number of aryl methyl sites for hydroxylation is 2. The van der Waals surface area contributed by atoms with E-state index in [2.05, 4.69) is 14.8 Å². The normalized spacial score (nSPS) is 11.5. The van der Waals surface area contributed by atoms with Gasteiger partial charge in [0.05, 0.1) is 30.8 Å². The van der Waals surface area contributed by atoms with Gasteiger partial charge in [0, 0.05) is 25.0 Å². The SMILES string of the molecule is COc1ccc(CCS(=O)(=O)NCc2cc(-c3ccncc3)n(C)n2)cc1. The summed E-state index contributed by atoms with van der Waals surface area (Å²) in [6.07, 6.45) is 3.86. The van der Waals surface area contributed by atoms with Crippen molar-refractivity contribution < 1.29 is 13.2 Å². The fourth-order valence-corrected chi connectivity index (χ4v) is 3.72. The number of sulfonamides is 1. The molecule has 1 aromatic carbocycles. The van der Waals surface area contributed by atoms with E-state index in [-0.39, 0.29) is 12.3 Å². The van der Waals surface area contributed by atoms with Gasteiger partial charge in [-0.3, -0.25) is 9.67 Å². The van der Waals surface area contributed by atoms with Gasteiger partial charge in [0.15, 0.2) is 0 Å². The van der Waals surface area contributed by atoms with E-state index in [1.807, 2.05) is 49.5 Å². The summed E-state index contributed by atoms with van der Waals surface area (Å²) in [6, 6.07) is 13.0. The second kappa shape index (κ2) is 8.32. The van der Waals surface area contributed by atoms with Gasteiger partial charge in [0.2, 0.25) is 10.0 Å². The number of pyridine rings is 1. The van der Waals surface area contributed by atoms with Crippen LogP contribution in [0.4, 0.5) is 0 Å². The molecule has 0 atom stereocenters. The third kappa shape index (κ3) is 5.15. The van der Waals surface area contributed by atoms with E-state index in [0.29, 0.717) is 12.1 Å². The maximum Gasteiger partial charge on any atom is 0.212 e. The molecule has 2 aromatic heterocycles. The van der Waals surface area contributed by atoms with E-state index in [1.165, 1.54) is 0 Å². The third-order valence-corrected chi connectivity index (χ3v) is 5.52. The molecule has 0 fully saturated rings. The lowest BCUT2D eigenvalue weighted by Crippen LogP contribution is -2.27. The maximum absolute atomic E-state index is 12.3. The predicted octanol–water partition coefficient (Wildman–Crippen LogP) is 2.15. The molecule has 0 aliphatic rings. The van der Waals surface area contributed by atoms with Crippen molar-refractivity contribution >= 4 is 10.0 Å². The highest BCUT2D eigenvalue weighted by molar-refractivity contribution is 7.89. The summed E-state index contributed by atoms with van der Waals surface area (Å²) in [4.78, 5) is 4.00. The molecule has 0 amide bonds. The molecule has 0 saturated heterocycles. The molecule has 0 aliphatic carbocycles. The standard InChI is InChI=1S/C19H22N4O3S/c1-23-19(16-7-10-20-11-8-16)13-17(22-23)14-21-27(24,25)12-9-15-3-5-18(26-2)6-4-15/h3-8,10-11,13,21H,9,12,14H2,1-2H3. The number of rotatable bonds is 8. The van der Waals surface area contributed by atoms with Crippen LogP contribution < -0.4 is 9.46 Å². The number of nitrogens with one attached hydrogen (secondary N) is 1.